The fraction of sp³-hybridized carbons (Fsp3) is 0.667. The van der Waals surface area contributed by atoms with Gasteiger partial charge >= 0.3 is 0 Å². The molecule has 2 rings (SSSR count). The minimum atomic E-state index is 0.323. The predicted octanol–water partition coefficient (Wildman–Crippen LogP) is 3.39. The van der Waals surface area contributed by atoms with Crippen molar-refractivity contribution >= 4 is 0 Å². The predicted molar refractivity (Wildman–Crippen MR) is 89.0 cm³/mol. The first kappa shape index (κ1) is 16.3. The van der Waals surface area contributed by atoms with Crippen LogP contribution in [0.5, 0.6) is 5.75 Å². The molecule has 1 atom stereocenters. The van der Waals surface area contributed by atoms with Gasteiger partial charge in [-0.2, -0.15) is 0 Å². The molecule has 0 aromatic heterocycles. The van der Waals surface area contributed by atoms with E-state index in [0.29, 0.717) is 6.04 Å². The largest absolute Gasteiger partial charge is 0.496 e. The molecular weight excluding hydrogens is 260 g/mol. The Bertz CT molecular complexity index is 439. The van der Waals surface area contributed by atoms with Gasteiger partial charge in [0.05, 0.1) is 7.11 Å². The number of aryl methyl sites for hydroxylation is 1. The SMILES string of the molecule is COc1cc(C)ccc1C(C)NCCN1CCC(C)CC1. The average molecular weight is 290 g/mol. The van der Waals surface area contributed by atoms with Crippen LogP contribution in [-0.4, -0.2) is 38.2 Å². The molecule has 1 aliphatic rings. The van der Waals surface area contributed by atoms with Crippen LogP contribution in [0.4, 0.5) is 0 Å². The summed E-state index contributed by atoms with van der Waals surface area (Å²) in [5.41, 5.74) is 2.49. The van der Waals surface area contributed by atoms with Gasteiger partial charge in [0, 0.05) is 24.7 Å². The molecule has 1 aliphatic heterocycles. The summed E-state index contributed by atoms with van der Waals surface area (Å²) < 4.78 is 5.50. The quantitative estimate of drug-likeness (QED) is 0.869. The van der Waals surface area contributed by atoms with E-state index in [1.807, 2.05) is 0 Å². The van der Waals surface area contributed by atoms with Crippen LogP contribution in [-0.2, 0) is 0 Å². The fourth-order valence-corrected chi connectivity index (χ4v) is 3.01. The van der Waals surface area contributed by atoms with E-state index < -0.39 is 0 Å². The summed E-state index contributed by atoms with van der Waals surface area (Å²) in [6.45, 7) is 11.4. The molecule has 0 bridgehead atoms. The number of hydrogen-bond donors (Lipinski definition) is 1. The van der Waals surface area contributed by atoms with E-state index in [1.165, 1.54) is 37.1 Å². The van der Waals surface area contributed by atoms with Crippen molar-refractivity contribution in [2.75, 3.05) is 33.3 Å². The summed E-state index contributed by atoms with van der Waals surface area (Å²) in [6, 6.07) is 6.76. The molecule has 1 N–H and O–H groups in total. The lowest BCUT2D eigenvalue weighted by Crippen LogP contribution is -2.38. The number of likely N-dealkylation sites (tertiary alicyclic amines) is 1. The van der Waals surface area contributed by atoms with Gasteiger partial charge in [-0.15, -0.1) is 0 Å². The Kier molecular flexibility index (Phi) is 6.07. The molecule has 1 aromatic rings. The fourth-order valence-electron chi connectivity index (χ4n) is 3.01. The molecule has 3 heteroatoms. The Balaban J connectivity index is 1.80. The molecule has 1 aromatic carbocycles. The lowest BCUT2D eigenvalue weighted by molar-refractivity contribution is 0.191. The minimum absolute atomic E-state index is 0.323. The Morgan fingerprint density at radius 3 is 2.71 bits per heavy atom. The molecule has 1 unspecified atom stereocenters. The van der Waals surface area contributed by atoms with Gasteiger partial charge in [0.2, 0.25) is 0 Å². The van der Waals surface area contributed by atoms with Gasteiger partial charge in [-0.05, 0) is 57.3 Å². The van der Waals surface area contributed by atoms with E-state index >= 15 is 0 Å². The molecule has 1 saturated heterocycles. The van der Waals surface area contributed by atoms with E-state index in [9.17, 15) is 0 Å². The Morgan fingerprint density at radius 1 is 1.33 bits per heavy atom. The van der Waals surface area contributed by atoms with Crippen LogP contribution >= 0.6 is 0 Å². The van der Waals surface area contributed by atoms with Crippen molar-refractivity contribution in [1.29, 1.82) is 0 Å². The highest BCUT2D eigenvalue weighted by Gasteiger charge is 2.16. The van der Waals surface area contributed by atoms with Crippen LogP contribution < -0.4 is 10.1 Å². The molecule has 21 heavy (non-hydrogen) atoms. The zero-order valence-electron chi connectivity index (χ0n) is 14.0. The maximum absolute atomic E-state index is 5.50. The monoisotopic (exact) mass is 290 g/mol. The highest BCUT2D eigenvalue weighted by Crippen LogP contribution is 2.26. The van der Waals surface area contributed by atoms with Crippen LogP contribution in [0.2, 0.25) is 0 Å². The molecule has 1 heterocycles. The molecule has 0 radical (unpaired) electrons. The number of rotatable bonds is 6. The summed E-state index contributed by atoms with van der Waals surface area (Å²) in [5.74, 6) is 1.90. The highest BCUT2D eigenvalue weighted by atomic mass is 16.5. The minimum Gasteiger partial charge on any atom is -0.496 e. The molecule has 0 amide bonds. The van der Waals surface area contributed by atoms with E-state index in [-0.39, 0.29) is 0 Å². The summed E-state index contributed by atoms with van der Waals surface area (Å²) in [6.07, 6.45) is 2.70. The van der Waals surface area contributed by atoms with Crippen molar-refractivity contribution in [2.45, 2.75) is 39.7 Å². The van der Waals surface area contributed by atoms with Crippen molar-refractivity contribution in [3.63, 3.8) is 0 Å². The van der Waals surface area contributed by atoms with Gasteiger partial charge in [-0.3, -0.25) is 0 Å². The number of nitrogens with zero attached hydrogens (tertiary/aromatic N) is 1. The van der Waals surface area contributed by atoms with Crippen molar-refractivity contribution in [1.82, 2.24) is 10.2 Å². The molecule has 0 aliphatic carbocycles. The molecule has 118 valence electrons. The number of hydrogen-bond acceptors (Lipinski definition) is 3. The zero-order chi connectivity index (χ0) is 15.2. The molecule has 0 saturated carbocycles. The van der Waals surface area contributed by atoms with Crippen LogP contribution in [0.3, 0.4) is 0 Å². The first-order chi connectivity index (χ1) is 10.1. The van der Waals surface area contributed by atoms with Crippen LogP contribution in [0.15, 0.2) is 18.2 Å². The number of nitrogens with one attached hydrogen (secondary N) is 1. The second-order valence-corrected chi connectivity index (χ2v) is 6.45. The summed E-state index contributed by atoms with van der Waals surface area (Å²) in [5, 5.41) is 3.63. The second kappa shape index (κ2) is 7.81. The number of benzene rings is 1. The van der Waals surface area contributed by atoms with Gasteiger partial charge in [0.1, 0.15) is 5.75 Å². The standard InChI is InChI=1S/C18H30N2O/c1-14-7-10-20(11-8-14)12-9-19-16(3)17-6-5-15(2)13-18(17)21-4/h5-6,13-14,16,19H,7-12H2,1-4H3. The lowest BCUT2D eigenvalue weighted by atomic mass is 9.99. The van der Waals surface area contributed by atoms with Gasteiger partial charge < -0.3 is 15.0 Å². The van der Waals surface area contributed by atoms with Crippen molar-refractivity contribution in [3.8, 4) is 5.75 Å². The van der Waals surface area contributed by atoms with Gasteiger partial charge in [0.15, 0.2) is 0 Å². The van der Waals surface area contributed by atoms with Gasteiger partial charge in [0.25, 0.3) is 0 Å². The summed E-state index contributed by atoms with van der Waals surface area (Å²) >= 11 is 0. The Morgan fingerprint density at radius 2 is 2.05 bits per heavy atom. The van der Waals surface area contributed by atoms with Crippen molar-refractivity contribution in [2.24, 2.45) is 5.92 Å². The van der Waals surface area contributed by atoms with Crippen LogP contribution in [0, 0.1) is 12.8 Å². The van der Waals surface area contributed by atoms with Crippen LogP contribution in [0.1, 0.15) is 43.9 Å². The molecular formula is C18H30N2O. The smallest absolute Gasteiger partial charge is 0.123 e. The van der Waals surface area contributed by atoms with E-state index in [4.69, 9.17) is 4.74 Å². The van der Waals surface area contributed by atoms with Gasteiger partial charge in [-0.25, -0.2) is 0 Å². The lowest BCUT2D eigenvalue weighted by Gasteiger charge is -2.30. The number of piperidine rings is 1. The molecule has 0 spiro atoms. The third-order valence-electron chi connectivity index (χ3n) is 4.61. The first-order valence-electron chi connectivity index (χ1n) is 8.20. The summed E-state index contributed by atoms with van der Waals surface area (Å²) in [4.78, 5) is 2.58. The van der Waals surface area contributed by atoms with E-state index in [2.05, 4.69) is 49.2 Å². The van der Waals surface area contributed by atoms with E-state index in [0.717, 1.165) is 24.8 Å². The number of methoxy groups -OCH3 is 1. The maximum atomic E-state index is 5.50. The normalized spacial score (nSPS) is 18.7. The number of ether oxygens (including phenoxy) is 1. The summed E-state index contributed by atoms with van der Waals surface area (Å²) in [7, 11) is 1.75. The van der Waals surface area contributed by atoms with Crippen LogP contribution in [0.25, 0.3) is 0 Å². The van der Waals surface area contributed by atoms with Crippen molar-refractivity contribution in [3.05, 3.63) is 29.3 Å². The van der Waals surface area contributed by atoms with Crippen molar-refractivity contribution < 1.29 is 4.74 Å². The highest BCUT2D eigenvalue weighted by molar-refractivity contribution is 5.39. The Labute approximate surface area is 129 Å². The topological polar surface area (TPSA) is 24.5 Å². The molecule has 3 nitrogen and oxygen atoms in total. The second-order valence-electron chi connectivity index (χ2n) is 6.45. The Hall–Kier alpha value is -1.06. The molecule has 1 fully saturated rings. The maximum Gasteiger partial charge on any atom is 0.123 e. The third-order valence-corrected chi connectivity index (χ3v) is 4.61. The first-order valence-corrected chi connectivity index (χ1v) is 8.20. The average Bonchev–Trinajstić information content (AvgIpc) is 2.49. The van der Waals surface area contributed by atoms with E-state index in [1.54, 1.807) is 7.11 Å². The van der Waals surface area contributed by atoms with Gasteiger partial charge in [-0.1, -0.05) is 19.1 Å². The third kappa shape index (κ3) is 4.72. The zero-order valence-corrected chi connectivity index (χ0v) is 14.0.